The molecule has 1 atom stereocenters. The molecule has 6 heteroatoms. The summed E-state index contributed by atoms with van der Waals surface area (Å²) in [5.74, 6) is 2.33. The molecule has 0 amide bonds. The number of aromatic nitrogens is 4. The summed E-state index contributed by atoms with van der Waals surface area (Å²) in [5.41, 5.74) is 3.20. The van der Waals surface area contributed by atoms with E-state index in [2.05, 4.69) is 69.6 Å². The zero-order chi connectivity index (χ0) is 18.6. The van der Waals surface area contributed by atoms with Crippen molar-refractivity contribution in [3.05, 3.63) is 41.6 Å². The Morgan fingerprint density at radius 1 is 1.19 bits per heavy atom. The minimum absolute atomic E-state index is 0.654. The maximum absolute atomic E-state index is 4.89. The van der Waals surface area contributed by atoms with Crippen LogP contribution in [0.3, 0.4) is 0 Å². The van der Waals surface area contributed by atoms with E-state index in [0.717, 1.165) is 48.6 Å². The molecular weight excluding hydrogens is 336 g/mol. The molecule has 1 aliphatic rings. The van der Waals surface area contributed by atoms with Crippen LogP contribution in [-0.2, 0) is 13.0 Å². The first-order chi connectivity index (χ1) is 13.3. The van der Waals surface area contributed by atoms with Gasteiger partial charge in [-0.25, -0.2) is 0 Å². The van der Waals surface area contributed by atoms with Crippen LogP contribution >= 0.6 is 0 Å². The van der Waals surface area contributed by atoms with Gasteiger partial charge in [0.15, 0.2) is 5.65 Å². The molecule has 0 bridgehead atoms. The second-order valence-electron chi connectivity index (χ2n) is 7.37. The Kier molecular flexibility index (Phi) is 5.23. The molecule has 2 N–H and O–H groups in total. The fourth-order valence-corrected chi connectivity index (χ4v) is 3.86. The van der Waals surface area contributed by atoms with Crippen LogP contribution in [0.15, 0.2) is 30.3 Å². The second kappa shape index (κ2) is 7.94. The van der Waals surface area contributed by atoms with Crippen LogP contribution in [0.5, 0.6) is 0 Å². The van der Waals surface area contributed by atoms with Crippen LogP contribution in [0.1, 0.15) is 44.4 Å². The van der Waals surface area contributed by atoms with E-state index >= 15 is 0 Å². The quantitative estimate of drug-likeness (QED) is 0.628. The van der Waals surface area contributed by atoms with Crippen LogP contribution < -0.4 is 10.2 Å². The molecule has 0 spiro atoms. The van der Waals surface area contributed by atoms with Gasteiger partial charge in [0.25, 0.3) is 0 Å². The molecule has 0 fully saturated rings. The first-order valence-corrected chi connectivity index (χ1v) is 10.1. The smallest absolute Gasteiger partial charge is 0.226 e. The van der Waals surface area contributed by atoms with Crippen LogP contribution in [-0.4, -0.2) is 33.3 Å². The lowest BCUT2D eigenvalue weighted by atomic mass is 10.0. The normalized spacial score (nSPS) is 14.5. The fraction of sp³-hybridized carbons (Fsp3) is 0.476. The van der Waals surface area contributed by atoms with Crippen molar-refractivity contribution < 1.29 is 0 Å². The van der Waals surface area contributed by atoms with Gasteiger partial charge in [-0.2, -0.15) is 15.1 Å². The molecule has 0 saturated carbocycles. The van der Waals surface area contributed by atoms with Crippen molar-refractivity contribution in [3.8, 4) is 0 Å². The van der Waals surface area contributed by atoms with Gasteiger partial charge in [0.1, 0.15) is 5.82 Å². The Balaban J connectivity index is 1.61. The first-order valence-electron chi connectivity index (χ1n) is 10.1. The van der Waals surface area contributed by atoms with Crippen LogP contribution in [0.4, 0.5) is 11.8 Å². The molecule has 1 unspecified atom stereocenters. The monoisotopic (exact) mass is 364 g/mol. The van der Waals surface area contributed by atoms with E-state index in [1.54, 1.807) is 0 Å². The number of hydrogen-bond donors (Lipinski definition) is 2. The van der Waals surface area contributed by atoms with Gasteiger partial charge in [0.05, 0.1) is 11.1 Å². The number of nitrogens with zero attached hydrogens (tertiary/aromatic N) is 4. The van der Waals surface area contributed by atoms with Crippen molar-refractivity contribution in [1.29, 1.82) is 0 Å². The molecule has 142 valence electrons. The van der Waals surface area contributed by atoms with Crippen molar-refractivity contribution in [1.82, 2.24) is 20.2 Å². The summed E-state index contributed by atoms with van der Waals surface area (Å²) < 4.78 is 0. The Bertz CT molecular complexity index is 888. The highest BCUT2D eigenvalue weighted by Gasteiger charge is 2.24. The number of benzene rings is 1. The third kappa shape index (κ3) is 3.75. The van der Waals surface area contributed by atoms with Gasteiger partial charge in [-0.3, -0.25) is 5.10 Å². The topological polar surface area (TPSA) is 69.7 Å². The number of nitrogens with one attached hydrogen (secondary N) is 2. The third-order valence-electron chi connectivity index (χ3n) is 5.44. The molecule has 0 saturated heterocycles. The van der Waals surface area contributed by atoms with Gasteiger partial charge >= 0.3 is 0 Å². The molecule has 3 heterocycles. The molecular formula is C21H28N6. The Labute approximate surface area is 160 Å². The van der Waals surface area contributed by atoms with Crippen LogP contribution in [0.25, 0.3) is 11.0 Å². The van der Waals surface area contributed by atoms with E-state index in [9.17, 15) is 0 Å². The van der Waals surface area contributed by atoms with E-state index in [0.29, 0.717) is 11.9 Å². The van der Waals surface area contributed by atoms with E-state index in [4.69, 9.17) is 4.98 Å². The Morgan fingerprint density at radius 2 is 2.04 bits per heavy atom. The molecule has 1 aliphatic heterocycles. The maximum atomic E-state index is 4.89. The second-order valence-corrected chi connectivity index (χ2v) is 7.37. The number of hydrogen-bond acceptors (Lipinski definition) is 5. The molecule has 4 rings (SSSR count). The summed E-state index contributed by atoms with van der Waals surface area (Å²) in [4.78, 5) is 11.9. The van der Waals surface area contributed by atoms with E-state index in [-0.39, 0.29) is 0 Å². The van der Waals surface area contributed by atoms with E-state index in [1.165, 1.54) is 24.8 Å². The summed E-state index contributed by atoms with van der Waals surface area (Å²) in [6.07, 6.45) is 4.55. The summed E-state index contributed by atoms with van der Waals surface area (Å²) in [6.45, 7) is 7.18. The van der Waals surface area contributed by atoms with Gasteiger partial charge in [0.2, 0.25) is 5.95 Å². The lowest BCUT2D eigenvalue weighted by molar-refractivity contribution is 0.486. The van der Waals surface area contributed by atoms with Crippen LogP contribution in [0, 0.1) is 5.92 Å². The molecule has 0 aliphatic carbocycles. The maximum Gasteiger partial charge on any atom is 0.226 e. The van der Waals surface area contributed by atoms with Gasteiger partial charge < -0.3 is 10.2 Å². The summed E-state index contributed by atoms with van der Waals surface area (Å²) in [5, 5.41) is 12.1. The lowest BCUT2D eigenvalue weighted by Crippen LogP contribution is -2.30. The average molecular weight is 364 g/mol. The van der Waals surface area contributed by atoms with Crippen molar-refractivity contribution >= 4 is 22.8 Å². The molecule has 3 aromatic rings. The van der Waals surface area contributed by atoms with Crippen LogP contribution in [0.2, 0.25) is 0 Å². The van der Waals surface area contributed by atoms with E-state index < -0.39 is 0 Å². The highest BCUT2D eigenvalue weighted by molar-refractivity contribution is 5.91. The standard InChI is InChI=1S/C21H28N6/c1-3-8-15(4-2)13-22-21-23-19-18-17(25-26-19)11-12-27(20(18)24-21)14-16-9-6-5-7-10-16/h5-7,9-10,15H,3-4,8,11-14H2,1-2H3,(H2,22,23,24,25,26). The fourth-order valence-electron chi connectivity index (χ4n) is 3.86. The van der Waals surface area contributed by atoms with Crippen molar-refractivity contribution in [3.63, 3.8) is 0 Å². The van der Waals surface area contributed by atoms with Gasteiger partial charge in [-0.05, 0) is 17.9 Å². The highest BCUT2D eigenvalue weighted by Crippen LogP contribution is 2.32. The predicted molar refractivity (Wildman–Crippen MR) is 110 cm³/mol. The minimum Gasteiger partial charge on any atom is -0.354 e. The van der Waals surface area contributed by atoms with Crippen molar-refractivity contribution in [2.45, 2.75) is 46.1 Å². The van der Waals surface area contributed by atoms with E-state index in [1.807, 2.05) is 0 Å². The first kappa shape index (κ1) is 17.8. The number of anilines is 2. The molecule has 27 heavy (non-hydrogen) atoms. The Morgan fingerprint density at radius 3 is 2.81 bits per heavy atom. The van der Waals surface area contributed by atoms with Gasteiger partial charge in [0, 0.05) is 26.1 Å². The van der Waals surface area contributed by atoms with Gasteiger partial charge in [-0.1, -0.05) is 57.0 Å². The summed E-state index contributed by atoms with van der Waals surface area (Å²) in [7, 11) is 0. The molecule has 0 radical (unpaired) electrons. The highest BCUT2D eigenvalue weighted by atomic mass is 15.3. The van der Waals surface area contributed by atoms with Gasteiger partial charge in [-0.15, -0.1) is 0 Å². The Hall–Kier alpha value is -2.63. The number of aromatic amines is 1. The molecule has 6 nitrogen and oxygen atoms in total. The minimum atomic E-state index is 0.654. The summed E-state index contributed by atoms with van der Waals surface area (Å²) >= 11 is 0. The summed E-state index contributed by atoms with van der Waals surface area (Å²) in [6, 6.07) is 10.6. The SMILES string of the molecule is CCCC(CC)CNc1nc2c3c([nH]nc3n1)CCN2Cc1ccccc1. The zero-order valence-electron chi connectivity index (χ0n) is 16.2. The largest absolute Gasteiger partial charge is 0.354 e. The number of H-pyrrole nitrogens is 1. The predicted octanol–water partition coefficient (Wildman–Crippen LogP) is 4.15. The zero-order valence-corrected chi connectivity index (χ0v) is 16.2. The average Bonchev–Trinajstić information content (AvgIpc) is 3.12. The third-order valence-corrected chi connectivity index (χ3v) is 5.44. The van der Waals surface area contributed by atoms with Crippen molar-refractivity contribution in [2.24, 2.45) is 5.92 Å². The molecule has 1 aromatic carbocycles. The lowest BCUT2D eigenvalue weighted by Gasteiger charge is -2.28. The number of rotatable bonds is 8. The molecule has 2 aromatic heterocycles. The van der Waals surface area contributed by atoms with Crippen molar-refractivity contribution in [2.75, 3.05) is 23.3 Å².